The molecule has 1 rings (SSSR count). The third-order valence-electron chi connectivity index (χ3n) is 1.53. The van der Waals surface area contributed by atoms with Gasteiger partial charge in [-0.15, -0.1) is 0 Å². The molecule has 0 aliphatic rings. The molecule has 0 spiro atoms. The van der Waals surface area contributed by atoms with Gasteiger partial charge in [0.1, 0.15) is 10.7 Å². The summed E-state index contributed by atoms with van der Waals surface area (Å²) in [5, 5.41) is -1.20. The fraction of sp³-hybridized carbons (Fsp3) is 0.286. The van der Waals surface area contributed by atoms with E-state index in [1.54, 1.807) is 0 Å². The van der Waals surface area contributed by atoms with Crippen molar-refractivity contribution in [1.29, 1.82) is 0 Å². The number of aromatic nitrogens is 1. The predicted octanol–water partition coefficient (Wildman–Crippen LogP) is 3.83. The number of pyridine rings is 1. The lowest BCUT2D eigenvalue weighted by molar-refractivity contribution is -0.140. The minimum atomic E-state index is -5.17. The SMILES string of the molecule is Fc1cnc(Cl)c(C(F)(F)F)c1C(F)F. The molecular formula is C7H2ClF6N. The van der Waals surface area contributed by atoms with Crippen LogP contribution >= 0.6 is 11.6 Å². The van der Waals surface area contributed by atoms with E-state index in [0.29, 0.717) is 0 Å². The topological polar surface area (TPSA) is 12.9 Å². The van der Waals surface area contributed by atoms with Crippen LogP contribution < -0.4 is 0 Å². The van der Waals surface area contributed by atoms with E-state index >= 15 is 0 Å². The van der Waals surface area contributed by atoms with Crippen molar-refractivity contribution in [3.05, 3.63) is 28.3 Å². The van der Waals surface area contributed by atoms with Gasteiger partial charge in [0.05, 0.1) is 11.8 Å². The highest BCUT2D eigenvalue weighted by Gasteiger charge is 2.40. The fourth-order valence-corrected chi connectivity index (χ4v) is 1.22. The molecule has 0 bridgehead atoms. The highest BCUT2D eigenvalue weighted by molar-refractivity contribution is 6.30. The number of hydrogen-bond acceptors (Lipinski definition) is 1. The van der Waals surface area contributed by atoms with Crippen molar-refractivity contribution in [3.63, 3.8) is 0 Å². The van der Waals surface area contributed by atoms with Gasteiger partial charge in [-0.2, -0.15) is 13.2 Å². The molecule has 0 fully saturated rings. The van der Waals surface area contributed by atoms with Gasteiger partial charge in [0.15, 0.2) is 5.82 Å². The highest BCUT2D eigenvalue weighted by Crippen LogP contribution is 2.40. The molecule has 0 aliphatic heterocycles. The summed E-state index contributed by atoms with van der Waals surface area (Å²) in [4.78, 5) is 2.83. The average Bonchev–Trinajstić information content (AvgIpc) is 2.05. The minimum absolute atomic E-state index is 0.221. The Balaban J connectivity index is 3.53. The van der Waals surface area contributed by atoms with Crippen molar-refractivity contribution in [2.24, 2.45) is 0 Å². The van der Waals surface area contributed by atoms with Gasteiger partial charge in [-0.05, 0) is 0 Å². The van der Waals surface area contributed by atoms with E-state index in [9.17, 15) is 26.3 Å². The first kappa shape index (κ1) is 12.1. The van der Waals surface area contributed by atoms with Crippen molar-refractivity contribution in [2.45, 2.75) is 12.6 Å². The molecule has 0 aliphatic carbocycles. The lowest BCUT2D eigenvalue weighted by Gasteiger charge is -2.13. The molecule has 1 aromatic heterocycles. The molecule has 0 radical (unpaired) electrons. The van der Waals surface area contributed by atoms with Crippen LogP contribution in [0, 0.1) is 5.82 Å². The number of rotatable bonds is 1. The first-order chi connectivity index (χ1) is 6.75. The van der Waals surface area contributed by atoms with Crippen LogP contribution in [-0.2, 0) is 6.18 Å². The van der Waals surface area contributed by atoms with E-state index in [-0.39, 0.29) is 6.20 Å². The van der Waals surface area contributed by atoms with Crippen LogP contribution in [0.5, 0.6) is 0 Å². The second kappa shape index (κ2) is 3.88. The maximum Gasteiger partial charge on any atom is 0.419 e. The minimum Gasteiger partial charge on any atom is -0.241 e. The Morgan fingerprint density at radius 3 is 2.13 bits per heavy atom. The van der Waals surface area contributed by atoms with Crippen LogP contribution in [0.15, 0.2) is 6.20 Å². The van der Waals surface area contributed by atoms with Gasteiger partial charge in [-0.1, -0.05) is 11.6 Å². The van der Waals surface area contributed by atoms with E-state index < -0.39 is 34.7 Å². The first-order valence-electron chi connectivity index (χ1n) is 3.44. The second-order valence-corrected chi connectivity index (χ2v) is 2.84. The molecule has 0 saturated heterocycles. The quantitative estimate of drug-likeness (QED) is 0.544. The summed E-state index contributed by atoms with van der Waals surface area (Å²) >= 11 is 5.00. The molecule has 0 atom stereocenters. The third kappa shape index (κ3) is 2.34. The molecule has 0 saturated carbocycles. The van der Waals surface area contributed by atoms with E-state index in [0.717, 1.165) is 0 Å². The molecule has 15 heavy (non-hydrogen) atoms. The van der Waals surface area contributed by atoms with Crippen LogP contribution in [0.2, 0.25) is 5.15 Å². The van der Waals surface area contributed by atoms with Gasteiger partial charge in [-0.25, -0.2) is 18.2 Å². The average molecular weight is 250 g/mol. The number of halogens is 7. The Labute approximate surface area is 84.7 Å². The van der Waals surface area contributed by atoms with Crippen LogP contribution in [0.3, 0.4) is 0 Å². The lowest BCUT2D eigenvalue weighted by atomic mass is 10.1. The molecule has 0 unspecified atom stereocenters. The molecule has 1 heterocycles. The van der Waals surface area contributed by atoms with Crippen LogP contribution in [0.25, 0.3) is 0 Å². The molecule has 1 nitrogen and oxygen atoms in total. The Morgan fingerprint density at radius 1 is 1.27 bits per heavy atom. The van der Waals surface area contributed by atoms with Gasteiger partial charge >= 0.3 is 6.18 Å². The standard InChI is InChI=1S/C7H2ClF6N/c8-5-4(7(12,13)14)3(6(10)11)2(9)1-15-5/h1,6H. The van der Waals surface area contributed by atoms with E-state index in [4.69, 9.17) is 11.6 Å². The monoisotopic (exact) mass is 249 g/mol. The first-order valence-corrected chi connectivity index (χ1v) is 3.82. The maximum absolute atomic E-state index is 12.7. The Bertz CT molecular complexity index is 374. The van der Waals surface area contributed by atoms with E-state index in [1.807, 2.05) is 0 Å². The van der Waals surface area contributed by atoms with E-state index in [1.165, 1.54) is 0 Å². The summed E-state index contributed by atoms with van der Waals surface area (Å²) in [6.45, 7) is 0. The molecule has 0 aromatic carbocycles. The summed E-state index contributed by atoms with van der Waals surface area (Å²) in [5.41, 5.74) is -3.71. The largest absolute Gasteiger partial charge is 0.419 e. The smallest absolute Gasteiger partial charge is 0.241 e. The van der Waals surface area contributed by atoms with Crippen molar-refractivity contribution < 1.29 is 26.3 Å². The zero-order valence-electron chi connectivity index (χ0n) is 6.75. The van der Waals surface area contributed by atoms with Crippen molar-refractivity contribution in [1.82, 2.24) is 4.98 Å². The van der Waals surface area contributed by atoms with Gasteiger partial charge in [0, 0.05) is 0 Å². The van der Waals surface area contributed by atoms with Crippen LogP contribution in [-0.4, -0.2) is 4.98 Å². The number of alkyl halides is 5. The van der Waals surface area contributed by atoms with Gasteiger partial charge in [0.2, 0.25) is 0 Å². The Kier molecular flexibility index (Phi) is 3.13. The van der Waals surface area contributed by atoms with Crippen molar-refractivity contribution in [2.75, 3.05) is 0 Å². The summed E-state index contributed by atoms with van der Waals surface area (Å²) < 4.78 is 73.7. The highest BCUT2D eigenvalue weighted by atomic mass is 35.5. The molecule has 0 N–H and O–H groups in total. The Morgan fingerprint density at radius 2 is 1.80 bits per heavy atom. The predicted molar refractivity (Wildman–Crippen MR) is 39.2 cm³/mol. The second-order valence-electron chi connectivity index (χ2n) is 2.48. The summed E-state index contributed by atoms with van der Waals surface area (Å²) in [6, 6.07) is 0. The zero-order chi connectivity index (χ0) is 11.8. The lowest BCUT2D eigenvalue weighted by Crippen LogP contribution is -2.13. The van der Waals surface area contributed by atoms with Gasteiger partial charge < -0.3 is 0 Å². The van der Waals surface area contributed by atoms with Gasteiger partial charge in [-0.3, -0.25) is 0 Å². The molecular weight excluding hydrogens is 248 g/mol. The number of hydrogen-bond donors (Lipinski definition) is 0. The molecule has 84 valence electrons. The third-order valence-corrected chi connectivity index (χ3v) is 1.81. The Hall–Kier alpha value is -0.980. The summed E-state index contributed by atoms with van der Waals surface area (Å²) in [5.74, 6) is -1.73. The summed E-state index contributed by atoms with van der Waals surface area (Å²) in [7, 11) is 0. The van der Waals surface area contributed by atoms with E-state index in [2.05, 4.69) is 4.98 Å². The molecule has 1 aromatic rings. The summed E-state index contributed by atoms with van der Waals surface area (Å²) in [6.07, 6.45) is -8.56. The molecule has 8 heteroatoms. The van der Waals surface area contributed by atoms with Crippen LogP contribution in [0.4, 0.5) is 26.3 Å². The van der Waals surface area contributed by atoms with Crippen LogP contribution in [0.1, 0.15) is 17.6 Å². The van der Waals surface area contributed by atoms with Crippen molar-refractivity contribution >= 4 is 11.6 Å². The normalized spacial score (nSPS) is 12.3. The number of nitrogens with zero attached hydrogens (tertiary/aromatic N) is 1. The molecule has 0 amide bonds. The van der Waals surface area contributed by atoms with Gasteiger partial charge in [0.25, 0.3) is 6.43 Å². The van der Waals surface area contributed by atoms with Crippen molar-refractivity contribution in [3.8, 4) is 0 Å². The maximum atomic E-state index is 12.7. The zero-order valence-corrected chi connectivity index (χ0v) is 7.50. The fourth-order valence-electron chi connectivity index (χ4n) is 0.961.